The van der Waals surface area contributed by atoms with Crippen molar-refractivity contribution in [1.82, 2.24) is 9.55 Å². The molecule has 2 aromatic rings. The SMILES string of the molecule is Cn1cnc([N+](=O)[O-])c1NCCOc1ccc2c(c1)CCC2. The number of ether oxygens (including phenoxy) is 1. The molecule has 3 rings (SSSR count). The minimum Gasteiger partial charge on any atom is -0.492 e. The Morgan fingerprint density at radius 3 is 3.05 bits per heavy atom. The average molecular weight is 302 g/mol. The van der Waals surface area contributed by atoms with E-state index in [1.807, 2.05) is 6.07 Å². The highest BCUT2D eigenvalue weighted by Crippen LogP contribution is 2.26. The molecule has 1 heterocycles. The zero-order valence-electron chi connectivity index (χ0n) is 12.4. The fourth-order valence-corrected chi connectivity index (χ4v) is 2.73. The Morgan fingerprint density at radius 2 is 2.23 bits per heavy atom. The van der Waals surface area contributed by atoms with Gasteiger partial charge in [-0.05, 0) is 52.4 Å². The first-order chi connectivity index (χ1) is 10.6. The molecule has 22 heavy (non-hydrogen) atoms. The monoisotopic (exact) mass is 302 g/mol. The van der Waals surface area contributed by atoms with Crippen molar-refractivity contribution in [3.8, 4) is 5.75 Å². The van der Waals surface area contributed by atoms with Crippen molar-refractivity contribution >= 4 is 11.6 Å². The maximum atomic E-state index is 10.9. The molecule has 0 radical (unpaired) electrons. The van der Waals surface area contributed by atoms with Crippen LogP contribution in [0.1, 0.15) is 17.5 Å². The van der Waals surface area contributed by atoms with E-state index in [1.165, 1.54) is 23.9 Å². The highest BCUT2D eigenvalue weighted by molar-refractivity contribution is 5.51. The van der Waals surface area contributed by atoms with Crippen molar-refractivity contribution < 1.29 is 9.66 Å². The van der Waals surface area contributed by atoms with Gasteiger partial charge in [-0.25, -0.2) is 0 Å². The summed E-state index contributed by atoms with van der Waals surface area (Å²) in [4.78, 5) is 14.1. The molecule has 0 amide bonds. The van der Waals surface area contributed by atoms with Gasteiger partial charge in [0.15, 0.2) is 0 Å². The molecule has 7 heteroatoms. The topological polar surface area (TPSA) is 82.2 Å². The molecule has 0 spiro atoms. The summed E-state index contributed by atoms with van der Waals surface area (Å²) < 4.78 is 7.30. The van der Waals surface area contributed by atoms with Crippen molar-refractivity contribution in [2.24, 2.45) is 7.05 Å². The molecule has 1 aliphatic carbocycles. The maximum Gasteiger partial charge on any atom is 0.406 e. The van der Waals surface area contributed by atoms with Crippen molar-refractivity contribution in [3.05, 3.63) is 45.8 Å². The van der Waals surface area contributed by atoms with E-state index in [9.17, 15) is 10.1 Å². The second-order valence-electron chi connectivity index (χ2n) is 5.34. The summed E-state index contributed by atoms with van der Waals surface area (Å²) >= 11 is 0. The van der Waals surface area contributed by atoms with Gasteiger partial charge in [0.2, 0.25) is 12.1 Å². The van der Waals surface area contributed by atoms with Crippen LogP contribution in [0.2, 0.25) is 0 Å². The highest BCUT2D eigenvalue weighted by atomic mass is 16.6. The molecule has 0 saturated heterocycles. The molecule has 1 aromatic carbocycles. The van der Waals surface area contributed by atoms with Crippen LogP contribution in [-0.2, 0) is 19.9 Å². The number of hydrogen-bond acceptors (Lipinski definition) is 5. The Labute approximate surface area is 128 Å². The lowest BCUT2D eigenvalue weighted by molar-refractivity contribution is -0.388. The smallest absolute Gasteiger partial charge is 0.406 e. The standard InChI is InChI=1S/C15H18N4O3/c1-18-10-17-15(19(20)21)14(18)16-7-8-22-13-6-5-11-3-2-4-12(11)9-13/h5-6,9-10,16H,2-4,7-8H2,1H3. The van der Waals surface area contributed by atoms with E-state index >= 15 is 0 Å². The molecule has 0 saturated carbocycles. The number of nitrogens with one attached hydrogen (secondary N) is 1. The summed E-state index contributed by atoms with van der Waals surface area (Å²) in [6.07, 6.45) is 4.90. The van der Waals surface area contributed by atoms with E-state index in [0.29, 0.717) is 19.0 Å². The minimum absolute atomic E-state index is 0.167. The molecule has 0 atom stereocenters. The molecule has 0 aliphatic heterocycles. The first-order valence-electron chi connectivity index (χ1n) is 7.29. The van der Waals surface area contributed by atoms with Crippen LogP contribution in [0.25, 0.3) is 0 Å². The predicted molar refractivity (Wildman–Crippen MR) is 82.3 cm³/mol. The lowest BCUT2D eigenvalue weighted by Crippen LogP contribution is -2.14. The number of imidazole rings is 1. The van der Waals surface area contributed by atoms with Crippen molar-refractivity contribution in [3.63, 3.8) is 0 Å². The Balaban J connectivity index is 1.54. The van der Waals surface area contributed by atoms with Crippen LogP contribution >= 0.6 is 0 Å². The van der Waals surface area contributed by atoms with Gasteiger partial charge in [0.05, 0.1) is 6.54 Å². The number of nitro groups is 1. The molecule has 7 nitrogen and oxygen atoms in total. The van der Waals surface area contributed by atoms with Crippen LogP contribution < -0.4 is 10.1 Å². The number of rotatable bonds is 6. The summed E-state index contributed by atoms with van der Waals surface area (Å²) in [5, 5.41) is 13.9. The zero-order chi connectivity index (χ0) is 15.5. The molecule has 0 bridgehead atoms. The quantitative estimate of drug-likeness (QED) is 0.503. The van der Waals surface area contributed by atoms with Gasteiger partial charge < -0.3 is 20.2 Å². The molecule has 1 aliphatic rings. The van der Waals surface area contributed by atoms with Gasteiger partial charge in [-0.3, -0.25) is 4.57 Å². The van der Waals surface area contributed by atoms with Crippen LogP contribution in [-0.4, -0.2) is 27.6 Å². The lowest BCUT2D eigenvalue weighted by atomic mass is 10.1. The number of fused-ring (bicyclic) bond motifs is 1. The molecular weight excluding hydrogens is 284 g/mol. The third kappa shape index (κ3) is 2.88. The third-order valence-corrected chi connectivity index (χ3v) is 3.82. The summed E-state index contributed by atoms with van der Waals surface area (Å²) in [6.45, 7) is 0.901. The number of anilines is 1. The molecule has 116 valence electrons. The van der Waals surface area contributed by atoms with E-state index in [4.69, 9.17) is 4.74 Å². The second kappa shape index (κ2) is 6.05. The van der Waals surface area contributed by atoms with Crippen LogP contribution in [0.3, 0.4) is 0 Å². The van der Waals surface area contributed by atoms with Gasteiger partial charge in [0.25, 0.3) is 0 Å². The van der Waals surface area contributed by atoms with Gasteiger partial charge in [-0.15, -0.1) is 0 Å². The minimum atomic E-state index is -0.496. The van der Waals surface area contributed by atoms with Crippen molar-refractivity contribution in [2.45, 2.75) is 19.3 Å². The maximum absolute atomic E-state index is 10.9. The number of aryl methyl sites for hydroxylation is 3. The van der Waals surface area contributed by atoms with Gasteiger partial charge in [0.1, 0.15) is 12.4 Å². The first-order valence-corrected chi connectivity index (χ1v) is 7.29. The molecule has 1 N–H and O–H groups in total. The van der Waals surface area contributed by atoms with Crippen LogP contribution in [0.15, 0.2) is 24.5 Å². The fraction of sp³-hybridized carbons (Fsp3) is 0.400. The van der Waals surface area contributed by atoms with Crippen LogP contribution in [0.4, 0.5) is 11.6 Å². The summed E-state index contributed by atoms with van der Waals surface area (Å²) in [5.74, 6) is 1.07. The van der Waals surface area contributed by atoms with E-state index in [-0.39, 0.29) is 5.82 Å². The van der Waals surface area contributed by atoms with Gasteiger partial charge >= 0.3 is 5.82 Å². The molecular formula is C15H18N4O3. The largest absolute Gasteiger partial charge is 0.492 e. The van der Waals surface area contributed by atoms with E-state index in [2.05, 4.69) is 22.4 Å². The van der Waals surface area contributed by atoms with Gasteiger partial charge in [-0.1, -0.05) is 6.07 Å². The average Bonchev–Trinajstić information content (AvgIpc) is 3.10. The first kappa shape index (κ1) is 14.4. The third-order valence-electron chi connectivity index (χ3n) is 3.82. The molecule has 0 unspecified atom stereocenters. The highest BCUT2D eigenvalue weighted by Gasteiger charge is 2.19. The van der Waals surface area contributed by atoms with Crippen molar-refractivity contribution in [1.29, 1.82) is 0 Å². The van der Waals surface area contributed by atoms with E-state index < -0.39 is 4.92 Å². The fourth-order valence-electron chi connectivity index (χ4n) is 2.73. The Bertz CT molecular complexity index is 696. The zero-order valence-corrected chi connectivity index (χ0v) is 12.4. The van der Waals surface area contributed by atoms with Gasteiger partial charge in [-0.2, -0.15) is 0 Å². The Kier molecular flexibility index (Phi) is 3.95. The van der Waals surface area contributed by atoms with Gasteiger partial charge in [0, 0.05) is 7.05 Å². The Hall–Kier alpha value is -2.57. The molecule has 0 fully saturated rings. The summed E-state index contributed by atoms with van der Waals surface area (Å²) in [5.41, 5.74) is 2.78. The van der Waals surface area contributed by atoms with Crippen LogP contribution in [0.5, 0.6) is 5.75 Å². The number of aromatic nitrogens is 2. The normalized spacial score (nSPS) is 13.0. The summed E-state index contributed by atoms with van der Waals surface area (Å²) in [7, 11) is 1.71. The van der Waals surface area contributed by atoms with Crippen LogP contribution in [0, 0.1) is 10.1 Å². The van der Waals surface area contributed by atoms with Crippen molar-refractivity contribution in [2.75, 3.05) is 18.5 Å². The number of benzene rings is 1. The summed E-state index contributed by atoms with van der Waals surface area (Å²) in [6, 6.07) is 6.20. The second-order valence-corrected chi connectivity index (χ2v) is 5.34. The lowest BCUT2D eigenvalue weighted by Gasteiger charge is -2.09. The molecule has 1 aromatic heterocycles. The predicted octanol–water partition coefficient (Wildman–Crippen LogP) is 2.31. The van der Waals surface area contributed by atoms with E-state index in [0.717, 1.165) is 18.6 Å². The Morgan fingerprint density at radius 1 is 1.41 bits per heavy atom. The van der Waals surface area contributed by atoms with E-state index in [1.54, 1.807) is 11.6 Å². The number of nitrogens with zero attached hydrogens (tertiary/aromatic N) is 3. The number of hydrogen-bond donors (Lipinski definition) is 1.